The summed E-state index contributed by atoms with van der Waals surface area (Å²) in [6.45, 7) is 2.41. The van der Waals surface area contributed by atoms with Gasteiger partial charge in [-0.15, -0.1) is 0 Å². The number of carbonyl (C=O) groups is 2. The van der Waals surface area contributed by atoms with E-state index in [1.165, 1.54) is 6.20 Å². The van der Waals surface area contributed by atoms with Crippen molar-refractivity contribution in [2.45, 2.75) is 18.4 Å². The van der Waals surface area contributed by atoms with Crippen molar-refractivity contribution in [1.82, 2.24) is 25.4 Å². The lowest BCUT2D eigenvalue weighted by Crippen LogP contribution is -2.43. The van der Waals surface area contributed by atoms with Crippen LogP contribution in [0.1, 0.15) is 22.3 Å². The lowest BCUT2D eigenvalue weighted by molar-refractivity contribution is -0.131. The number of amides is 2. The van der Waals surface area contributed by atoms with E-state index in [9.17, 15) is 18.4 Å². The third-order valence-electron chi connectivity index (χ3n) is 5.78. The molecule has 0 saturated carbocycles. The smallest absolute Gasteiger partial charge is 0.268 e. The number of rotatable bonds is 5. The number of alkyl halides is 2. The van der Waals surface area contributed by atoms with Gasteiger partial charge in [0.15, 0.2) is 0 Å². The predicted octanol–water partition coefficient (Wildman–Crippen LogP) is 1.60. The molecule has 8 nitrogen and oxygen atoms in total. The molecule has 2 amide bonds. The molecule has 33 heavy (non-hydrogen) atoms. The van der Waals surface area contributed by atoms with Crippen molar-refractivity contribution in [2.75, 3.05) is 39.3 Å². The highest BCUT2D eigenvalue weighted by atomic mass is 19.3. The molecule has 2 saturated heterocycles. The van der Waals surface area contributed by atoms with E-state index in [0.29, 0.717) is 16.5 Å². The molecule has 0 bridgehead atoms. The van der Waals surface area contributed by atoms with Gasteiger partial charge in [0.25, 0.3) is 11.8 Å². The number of nitrogens with zero attached hydrogens (tertiary/aromatic N) is 4. The van der Waals surface area contributed by atoms with Crippen LogP contribution >= 0.6 is 0 Å². The minimum atomic E-state index is -3.10. The summed E-state index contributed by atoms with van der Waals surface area (Å²) >= 11 is 0. The summed E-state index contributed by atoms with van der Waals surface area (Å²) in [4.78, 5) is 32.5. The van der Waals surface area contributed by atoms with Crippen LogP contribution < -0.4 is 10.6 Å². The van der Waals surface area contributed by atoms with Gasteiger partial charge in [0.2, 0.25) is 5.91 Å². The molecule has 2 aliphatic rings. The second kappa shape index (κ2) is 9.50. The maximum atomic E-state index is 13.6. The highest BCUT2D eigenvalue weighted by Crippen LogP contribution is 2.31. The quantitative estimate of drug-likeness (QED) is 0.712. The number of halogens is 2. The van der Waals surface area contributed by atoms with E-state index >= 15 is 0 Å². The summed E-state index contributed by atoms with van der Waals surface area (Å²) in [7, 11) is 0. The number of benzene rings is 1. The first-order valence-electron chi connectivity index (χ1n) is 10.7. The summed E-state index contributed by atoms with van der Waals surface area (Å²) in [5, 5.41) is 15.5. The molecule has 1 aromatic heterocycles. The molecule has 2 fully saturated rings. The average Bonchev–Trinajstić information content (AvgIpc) is 3.15. The Bertz CT molecular complexity index is 1120. The molecule has 10 heteroatoms. The number of piperazine rings is 1. The normalized spacial score (nSPS) is 20.2. The molecule has 2 N–H and O–H groups in total. The summed E-state index contributed by atoms with van der Waals surface area (Å²) in [5.41, 5.74) is 1.85. The van der Waals surface area contributed by atoms with Gasteiger partial charge < -0.3 is 20.4 Å². The highest BCUT2D eigenvalue weighted by Gasteiger charge is 2.47. The lowest BCUT2D eigenvalue weighted by atomic mass is 10.1. The van der Waals surface area contributed by atoms with Crippen LogP contribution in [0.5, 0.6) is 0 Å². The number of likely N-dealkylation sites (tertiary alicyclic amines) is 1. The van der Waals surface area contributed by atoms with Gasteiger partial charge in [-0.3, -0.25) is 14.6 Å². The summed E-state index contributed by atoms with van der Waals surface area (Å²) in [6.07, 6.45) is 4.80. The van der Waals surface area contributed by atoms with Crippen LogP contribution in [-0.2, 0) is 4.79 Å². The van der Waals surface area contributed by atoms with Crippen LogP contribution in [0.2, 0.25) is 0 Å². The van der Waals surface area contributed by atoms with Gasteiger partial charge in [-0.25, -0.2) is 8.78 Å². The second-order valence-corrected chi connectivity index (χ2v) is 8.15. The fraction of sp³-hybridized carbons (Fsp3) is 0.391. The van der Waals surface area contributed by atoms with Crippen LogP contribution in [0, 0.1) is 11.3 Å². The number of nitrogens with one attached hydrogen (secondary N) is 2. The van der Waals surface area contributed by atoms with Crippen molar-refractivity contribution in [1.29, 1.82) is 5.26 Å². The molecule has 1 aromatic carbocycles. The molecule has 2 aliphatic heterocycles. The Hall–Kier alpha value is -3.58. The van der Waals surface area contributed by atoms with E-state index in [4.69, 9.17) is 5.26 Å². The lowest BCUT2D eigenvalue weighted by Gasteiger charge is -2.25. The molecule has 0 radical (unpaired) electrons. The topological polar surface area (TPSA) is 101 Å². The van der Waals surface area contributed by atoms with E-state index in [1.807, 2.05) is 30.5 Å². The summed E-state index contributed by atoms with van der Waals surface area (Å²) < 4.78 is 27.2. The fourth-order valence-corrected chi connectivity index (χ4v) is 4.04. The number of carbonyl (C=O) groups excluding carboxylic acids is 2. The monoisotopic (exact) mass is 454 g/mol. The molecule has 172 valence electrons. The first kappa shape index (κ1) is 22.6. The SMILES string of the molecule is N#CC1CC(F)(F)CN1C(=O)CNC(=O)c1ccnc2ccc(C=CN3CCNCC3)cc12. The number of hydrogen-bond acceptors (Lipinski definition) is 6. The highest BCUT2D eigenvalue weighted by molar-refractivity contribution is 6.07. The molecule has 1 unspecified atom stereocenters. The Kier molecular flexibility index (Phi) is 6.51. The van der Waals surface area contributed by atoms with E-state index in [2.05, 4.69) is 20.5 Å². The zero-order valence-electron chi connectivity index (χ0n) is 17.9. The van der Waals surface area contributed by atoms with E-state index in [1.54, 1.807) is 12.1 Å². The Labute approximate surface area is 189 Å². The van der Waals surface area contributed by atoms with Crippen molar-refractivity contribution in [3.63, 3.8) is 0 Å². The van der Waals surface area contributed by atoms with E-state index < -0.39 is 43.3 Å². The Morgan fingerprint density at radius 2 is 2.09 bits per heavy atom. The molecule has 4 rings (SSSR count). The zero-order chi connectivity index (χ0) is 23.4. The van der Waals surface area contributed by atoms with Gasteiger partial charge in [-0.2, -0.15) is 5.26 Å². The largest absolute Gasteiger partial charge is 0.375 e. The minimum absolute atomic E-state index is 0.328. The van der Waals surface area contributed by atoms with Gasteiger partial charge in [0.1, 0.15) is 6.04 Å². The molecule has 3 heterocycles. The Morgan fingerprint density at radius 1 is 1.30 bits per heavy atom. The van der Waals surface area contributed by atoms with E-state index in [0.717, 1.165) is 36.6 Å². The molecule has 2 aromatic rings. The molecular formula is C23H24F2N6O2. The van der Waals surface area contributed by atoms with Crippen LogP contribution in [-0.4, -0.2) is 77.8 Å². The van der Waals surface area contributed by atoms with Crippen LogP contribution in [0.15, 0.2) is 36.7 Å². The molecular weight excluding hydrogens is 430 g/mol. The molecule has 0 spiro atoms. The number of pyridine rings is 1. The number of fused-ring (bicyclic) bond motifs is 1. The Balaban J connectivity index is 1.47. The average molecular weight is 454 g/mol. The predicted molar refractivity (Wildman–Crippen MR) is 118 cm³/mol. The first-order chi connectivity index (χ1) is 15.9. The van der Waals surface area contributed by atoms with Crippen LogP contribution in [0.3, 0.4) is 0 Å². The second-order valence-electron chi connectivity index (χ2n) is 8.15. The van der Waals surface area contributed by atoms with Crippen molar-refractivity contribution in [3.05, 3.63) is 47.8 Å². The third-order valence-corrected chi connectivity index (χ3v) is 5.78. The third kappa shape index (κ3) is 5.26. The summed E-state index contributed by atoms with van der Waals surface area (Å²) in [6, 6.07) is 7.66. The van der Waals surface area contributed by atoms with E-state index in [-0.39, 0.29) is 0 Å². The minimum Gasteiger partial charge on any atom is -0.375 e. The molecule has 0 aliphatic carbocycles. The van der Waals surface area contributed by atoms with Crippen LogP contribution in [0.4, 0.5) is 8.78 Å². The van der Waals surface area contributed by atoms with Gasteiger partial charge in [0.05, 0.1) is 30.2 Å². The van der Waals surface area contributed by atoms with Gasteiger partial charge in [-0.05, 0) is 36.0 Å². The number of nitriles is 1. The maximum absolute atomic E-state index is 13.6. The van der Waals surface area contributed by atoms with Gasteiger partial charge >= 0.3 is 0 Å². The Morgan fingerprint density at radius 3 is 2.85 bits per heavy atom. The van der Waals surface area contributed by atoms with Crippen LogP contribution in [0.25, 0.3) is 17.0 Å². The first-order valence-corrected chi connectivity index (χ1v) is 10.7. The standard InChI is InChI=1S/C23H24F2N6O2/c24-23(25)12-17(13-26)31(15-23)21(32)14-29-22(33)18-3-5-28-20-2-1-16(11-19(18)20)4-8-30-9-6-27-7-10-30/h1-5,8,11,17,27H,6-7,9-10,12,14-15H2,(H,29,33). The fourth-order valence-electron chi connectivity index (χ4n) is 4.04. The summed E-state index contributed by atoms with van der Waals surface area (Å²) in [5.74, 6) is -4.33. The van der Waals surface area contributed by atoms with Gasteiger partial charge in [-0.1, -0.05) is 6.07 Å². The zero-order valence-corrected chi connectivity index (χ0v) is 17.9. The number of hydrogen-bond donors (Lipinski definition) is 2. The van der Waals surface area contributed by atoms with Crippen molar-refractivity contribution >= 4 is 28.8 Å². The van der Waals surface area contributed by atoms with Crippen molar-refractivity contribution < 1.29 is 18.4 Å². The van der Waals surface area contributed by atoms with Crippen molar-refractivity contribution in [3.8, 4) is 6.07 Å². The molecule has 1 atom stereocenters. The maximum Gasteiger partial charge on any atom is 0.268 e. The van der Waals surface area contributed by atoms with Crippen molar-refractivity contribution in [2.24, 2.45) is 0 Å². The van der Waals surface area contributed by atoms with Gasteiger partial charge in [0, 0.05) is 44.2 Å². The number of aromatic nitrogens is 1.